The zero-order chi connectivity index (χ0) is 27.9. The highest BCUT2D eigenvalue weighted by molar-refractivity contribution is 6.00. The fourth-order valence-corrected chi connectivity index (χ4v) is 3.92. The average Bonchev–Trinajstić information content (AvgIpc) is 2.79. The zero-order valence-electron chi connectivity index (χ0n) is 22.8. The number of alkyl carbamates (subject to hydrolysis) is 1. The summed E-state index contributed by atoms with van der Waals surface area (Å²) in [6.45, 7) is 16.4. The molecule has 200 valence electrons. The van der Waals surface area contributed by atoms with Gasteiger partial charge in [0.15, 0.2) is 0 Å². The molecular weight excluding hydrogens is 470 g/mol. The van der Waals surface area contributed by atoms with E-state index in [4.69, 9.17) is 4.74 Å². The van der Waals surface area contributed by atoms with Gasteiger partial charge < -0.3 is 25.4 Å². The van der Waals surface area contributed by atoms with Crippen LogP contribution in [-0.2, 0) is 14.3 Å². The number of nitrogens with zero attached hydrogens (tertiary/aromatic N) is 1. The van der Waals surface area contributed by atoms with Crippen LogP contribution in [0.25, 0.3) is 0 Å². The van der Waals surface area contributed by atoms with E-state index in [1.807, 2.05) is 32.0 Å². The SMILES string of the molecule is C=CCN(C(=O)C(NC(=O)OC(C)(C)C)C(C)C)C(C(=O)Nc1c(C)cccc1C)c1ccc(O)cc1. The molecule has 0 aliphatic heterocycles. The van der Waals surface area contributed by atoms with E-state index in [0.29, 0.717) is 11.3 Å². The molecule has 2 atom stereocenters. The molecule has 2 rings (SSSR count). The number of carbonyl (C=O) groups is 3. The van der Waals surface area contributed by atoms with Crippen LogP contribution in [0.3, 0.4) is 0 Å². The van der Waals surface area contributed by atoms with E-state index in [2.05, 4.69) is 17.2 Å². The first kappa shape index (κ1) is 29.4. The standard InChI is InChI=1S/C29H39N3O5/c1-9-17-32(27(35)23(18(2)3)31-28(36)37-29(6,7)8)25(21-13-15-22(33)16-14-21)26(34)30-24-19(4)11-10-12-20(24)5/h9-16,18,23,25,33H,1,17H2,2-8H3,(H,30,34)(H,31,36). The molecule has 0 aliphatic rings. The lowest BCUT2D eigenvalue weighted by Crippen LogP contribution is -2.54. The molecule has 0 fully saturated rings. The van der Waals surface area contributed by atoms with Crippen LogP contribution in [0.1, 0.15) is 57.4 Å². The Hall–Kier alpha value is -3.81. The van der Waals surface area contributed by atoms with E-state index in [-0.39, 0.29) is 18.2 Å². The molecule has 0 aliphatic carbocycles. The number of aromatic hydroxyl groups is 1. The van der Waals surface area contributed by atoms with Gasteiger partial charge in [0.05, 0.1) is 0 Å². The molecule has 8 heteroatoms. The van der Waals surface area contributed by atoms with Crippen molar-refractivity contribution in [1.82, 2.24) is 10.2 Å². The van der Waals surface area contributed by atoms with E-state index in [0.717, 1.165) is 11.1 Å². The van der Waals surface area contributed by atoms with Crippen molar-refractivity contribution >= 4 is 23.6 Å². The number of amides is 3. The summed E-state index contributed by atoms with van der Waals surface area (Å²) in [7, 11) is 0. The van der Waals surface area contributed by atoms with Crippen molar-refractivity contribution in [2.45, 2.75) is 66.2 Å². The van der Waals surface area contributed by atoms with E-state index in [9.17, 15) is 19.5 Å². The Labute approximate surface area is 219 Å². The minimum absolute atomic E-state index is 0.0332. The summed E-state index contributed by atoms with van der Waals surface area (Å²) < 4.78 is 5.37. The van der Waals surface area contributed by atoms with Crippen LogP contribution in [0.4, 0.5) is 10.5 Å². The Kier molecular flexibility index (Phi) is 9.88. The minimum Gasteiger partial charge on any atom is -0.508 e. The summed E-state index contributed by atoms with van der Waals surface area (Å²) in [6, 6.07) is 9.79. The summed E-state index contributed by atoms with van der Waals surface area (Å²) in [4.78, 5) is 41.7. The van der Waals surface area contributed by atoms with Crippen molar-refractivity contribution < 1.29 is 24.2 Å². The number of ether oxygens (including phenoxy) is 1. The fraction of sp³-hybridized carbons (Fsp3) is 0.414. The molecule has 2 unspecified atom stereocenters. The van der Waals surface area contributed by atoms with Crippen LogP contribution in [-0.4, -0.2) is 46.1 Å². The first-order valence-electron chi connectivity index (χ1n) is 12.3. The Morgan fingerprint density at radius 1 is 1.05 bits per heavy atom. The molecule has 0 spiro atoms. The molecule has 0 aromatic heterocycles. The van der Waals surface area contributed by atoms with Crippen molar-refractivity contribution in [2.24, 2.45) is 5.92 Å². The van der Waals surface area contributed by atoms with Gasteiger partial charge >= 0.3 is 6.09 Å². The number of anilines is 1. The van der Waals surface area contributed by atoms with Crippen LogP contribution in [0.2, 0.25) is 0 Å². The average molecular weight is 510 g/mol. The molecule has 0 heterocycles. The number of rotatable bonds is 9. The highest BCUT2D eigenvalue weighted by atomic mass is 16.6. The van der Waals surface area contributed by atoms with Gasteiger partial charge in [-0.3, -0.25) is 9.59 Å². The van der Waals surface area contributed by atoms with Crippen molar-refractivity contribution in [1.29, 1.82) is 0 Å². The summed E-state index contributed by atoms with van der Waals surface area (Å²) in [6.07, 6.45) is 0.807. The second-order valence-electron chi connectivity index (χ2n) is 10.4. The first-order chi connectivity index (χ1) is 17.2. The summed E-state index contributed by atoms with van der Waals surface area (Å²) in [5, 5.41) is 15.5. The number of phenolic OH excluding ortho intramolecular Hbond substituents is 1. The normalized spacial score (nSPS) is 12.9. The number of hydrogen-bond acceptors (Lipinski definition) is 5. The van der Waals surface area contributed by atoms with Crippen molar-refractivity contribution in [3.05, 3.63) is 71.8 Å². The summed E-state index contributed by atoms with van der Waals surface area (Å²) in [5.41, 5.74) is 2.18. The lowest BCUT2D eigenvalue weighted by Gasteiger charge is -2.35. The van der Waals surface area contributed by atoms with Gasteiger partial charge in [-0.1, -0.05) is 50.3 Å². The molecule has 3 N–H and O–H groups in total. The number of carbonyl (C=O) groups excluding carboxylic acids is 3. The lowest BCUT2D eigenvalue weighted by molar-refractivity contribution is -0.141. The molecule has 0 saturated carbocycles. The Morgan fingerprint density at radius 2 is 1.62 bits per heavy atom. The first-order valence-corrected chi connectivity index (χ1v) is 12.3. The van der Waals surface area contributed by atoms with Gasteiger partial charge in [-0.2, -0.15) is 0 Å². The fourth-order valence-electron chi connectivity index (χ4n) is 3.92. The third-order valence-electron chi connectivity index (χ3n) is 5.71. The Bertz CT molecular complexity index is 1100. The van der Waals surface area contributed by atoms with E-state index in [1.165, 1.54) is 23.1 Å². The number of phenols is 1. The number of para-hydroxylation sites is 1. The van der Waals surface area contributed by atoms with Crippen LogP contribution < -0.4 is 10.6 Å². The predicted octanol–water partition coefficient (Wildman–Crippen LogP) is 5.25. The van der Waals surface area contributed by atoms with Gasteiger partial charge in [0.2, 0.25) is 5.91 Å². The maximum absolute atomic E-state index is 13.9. The molecule has 3 amide bonds. The second-order valence-corrected chi connectivity index (χ2v) is 10.4. The van der Waals surface area contributed by atoms with Gasteiger partial charge in [-0.05, 0) is 69.4 Å². The van der Waals surface area contributed by atoms with Gasteiger partial charge in [-0.25, -0.2) is 4.79 Å². The van der Waals surface area contributed by atoms with E-state index in [1.54, 1.807) is 46.8 Å². The highest BCUT2D eigenvalue weighted by Gasteiger charge is 2.37. The van der Waals surface area contributed by atoms with E-state index >= 15 is 0 Å². The topological polar surface area (TPSA) is 108 Å². The van der Waals surface area contributed by atoms with Crippen LogP contribution in [0, 0.1) is 19.8 Å². The Balaban J connectivity index is 2.52. The minimum atomic E-state index is -1.06. The van der Waals surface area contributed by atoms with Crippen LogP contribution >= 0.6 is 0 Å². The number of aryl methyl sites for hydroxylation is 2. The maximum Gasteiger partial charge on any atom is 0.408 e. The molecule has 2 aromatic rings. The molecule has 37 heavy (non-hydrogen) atoms. The third kappa shape index (κ3) is 8.10. The number of nitrogens with one attached hydrogen (secondary N) is 2. The molecule has 2 aromatic carbocycles. The van der Waals surface area contributed by atoms with Crippen molar-refractivity contribution in [2.75, 3.05) is 11.9 Å². The molecular formula is C29H39N3O5. The molecule has 0 saturated heterocycles. The van der Waals surface area contributed by atoms with Crippen molar-refractivity contribution in [3.63, 3.8) is 0 Å². The van der Waals surface area contributed by atoms with Gasteiger partial charge in [0.1, 0.15) is 23.4 Å². The van der Waals surface area contributed by atoms with Gasteiger partial charge in [-0.15, -0.1) is 6.58 Å². The van der Waals surface area contributed by atoms with Gasteiger partial charge in [0, 0.05) is 12.2 Å². The quantitative estimate of drug-likeness (QED) is 0.400. The van der Waals surface area contributed by atoms with Crippen LogP contribution in [0.15, 0.2) is 55.1 Å². The van der Waals surface area contributed by atoms with E-state index < -0.39 is 35.6 Å². The van der Waals surface area contributed by atoms with Crippen molar-refractivity contribution in [3.8, 4) is 5.75 Å². The smallest absolute Gasteiger partial charge is 0.408 e. The monoisotopic (exact) mass is 509 g/mol. The third-order valence-corrected chi connectivity index (χ3v) is 5.71. The van der Waals surface area contributed by atoms with Crippen LogP contribution in [0.5, 0.6) is 5.75 Å². The number of hydrogen-bond donors (Lipinski definition) is 3. The predicted molar refractivity (Wildman–Crippen MR) is 145 cm³/mol. The largest absolute Gasteiger partial charge is 0.508 e. The second kappa shape index (κ2) is 12.4. The maximum atomic E-state index is 13.9. The highest BCUT2D eigenvalue weighted by Crippen LogP contribution is 2.28. The summed E-state index contributed by atoms with van der Waals surface area (Å²) in [5.74, 6) is -1.16. The molecule has 0 radical (unpaired) electrons. The van der Waals surface area contributed by atoms with Gasteiger partial charge in [0.25, 0.3) is 5.91 Å². The summed E-state index contributed by atoms with van der Waals surface area (Å²) >= 11 is 0. The Morgan fingerprint density at radius 3 is 2.11 bits per heavy atom. The molecule has 8 nitrogen and oxygen atoms in total. The zero-order valence-corrected chi connectivity index (χ0v) is 22.8. The number of benzene rings is 2. The molecule has 0 bridgehead atoms. The lowest BCUT2D eigenvalue weighted by atomic mass is 9.98.